The highest BCUT2D eigenvalue weighted by molar-refractivity contribution is 5.94. The number of carbonyl (C=O) groups excluding carboxylic acids is 1. The molecular weight excluding hydrogens is 195 g/mol. The van der Waals surface area contributed by atoms with Crippen LogP contribution in [0.15, 0.2) is 18.2 Å². The Morgan fingerprint density at radius 1 is 1.60 bits per heavy atom. The topological polar surface area (TPSA) is 55.1 Å². The zero-order valence-electron chi connectivity index (χ0n) is 8.09. The highest BCUT2D eigenvalue weighted by Gasteiger charge is 2.10. The normalized spacial score (nSPS) is 9.33. The first-order valence-electron chi connectivity index (χ1n) is 4.42. The van der Waals surface area contributed by atoms with Crippen molar-refractivity contribution >= 4 is 11.6 Å². The zero-order chi connectivity index (χ0) is 11.3. The number of hydrogen-bond acceptors (Lipinski definition) is 2. The monoisotopic (exact) mass is 206 g/mol. The van der Waals surface area contributed by atoms with Gasteiger partial charge in [0.2, 0.25) is 0 Å². The number of nitrogens with one attached hydrogen (secondary N) is 1. The Balaban J connectivity index is 2.70. The first-order valence-corrected chi connectivity index (χ1v) is 4.42. The van der Waals surface area contributed by atoms with E-state index in [0.29, 0.717) is 13.0 Å². The summed E-state index contributed by atoms with van der Waals surface area (Å²) >= 11 is 0. The van der Waals surface area contributed by atoms with E-state index in [0.717, 1.165) is 6.07 Å². The molecule has 0 aliphatic heterocycles. The molecule has 4 heteroatoms. The summed E-state index contributed by atoms with van der Waals surface area (Å²) in [7, 11) is 0. The fourth-order valence-corrected chi connectivity index (χ4v) is 1.06. The summed E-state index contributed by atoms with van der Waals surface area (Å²) < 4.78 is 13.2. The van der Waals surface area contributed by atoms with Crippen molar-refractivity contribution in [2.45, 2.75) is 6.42 Å². The Bertz CT molecular complexity index is 410. The van der Waals surface area contributed by atoms with Gasteiger partial charge in [0.05, 0.1) is 5.56 Å². The summed E-state index contributed by atoms with van der Waals surface area (Å²) in [6, 6.07) is 3.92. The Morgan fingerprint density at radius 2 is 2.33 bits per heavy atom. The molecule has 0 aromatic heterocycles. The highest BCUT2D eigenvalue weighted by atomic mass is 19.1. The molecule has 1 aromatic rings. The van der Waals surface area contributed by atoms with Gasteiger partial charge in [-0.15, -0.1) is 12.3 Å². The summed E-state index contributed by atoms with van der Waals surface area (Å²) in [6.45, 7) is 0.332. The number of carbonyl (C=O) groups is 1. The summed E-state index contributed by atoms with van der Waals surface area (Å²) in [4.78, 5) is 11.4. The van der Waals surface area contributed by atoms with E-state index >= 15 is 0 Å². The molecule has 0 radical (unpaired) electrons. The van der Waals surface area contributed by atoms with E-state index in [1.165, 1.54) is 12.1 Å². The predicted molar refractivity (Wildman–Crippen MR) is 56.6 cm³/mol. The minimum atomic E-state index is -0.631. The van der Waals surface area contributed by atoms with Crippen molar-refractivity contribution in [2.75, 3.05) is 12.3 Å². The van der Waals surface area contributed by atoms with Gasteiger partial charge >= 0.3 is 0 Å². The van der Waals surface area contributed by atoms with Gasteiger partial charge in [0, 0.05) is 18.7 Å². The lowest BCUT2D eigenvalue weighted by Gasteiger charge is -2.04. The number of amides is 1. The number of benzene rings is 1. The Hall–Kier alpha value is -2.02. The van der Waals surface area contributed by atoms with Crippen LogP contribution in [0.2, 0.25) is 0 Å². The van der Waals surface area contributed by atoms with Crippen molar-refractivity contribution < 1.29 is 9.18 Å². The Labute approximate surface area is 87.5 Å². The number of terminal acetylenes is 1. The fourth-order valence-electron chi connectivity index (χ4n) is 1.06. The zero-order valence-corrected chi connectivity index (χ0v) is 8.09. The molecule has 0 bridgehead atoms. The molecule has 0 spiro atoms. The molecule has 15 heavy (non-hydrogen) atoms. The molecule has 0 aliphatic rings. The first-order chi connectivity index (χ1) is 7.15. The predicted octanol–water partition coefficient (Wildman–Crippen LogP) is 1.16. The summed E-state index contributed by atoms with van der Waals surface area (Å²) in [5.41, 5.74) is 5.61. The molecular formula is C11H11FN2O. The Morgan fingerprint density at radius 3 is 2.93 bits per heavy atom. The maximum Gasteiger partial charge on any atom is 0.254 e. The molecule has 0 saturated carbocycles. The van der Waals surface area contributed by atoms with Gasteiger partial charge in [-0.3, -0.25) is 4.79 Å². The lowest BCUT2D eigenvalue weighted by atomic mass is 10.2. The quantitative estimate of drug-likeness (QED) is 0.443. The van der Waals surface area contributed by atoms with Crippen LogP contribution in [0.3, 0.4) is 0 Å². The van der Waals surface area contributed by atoms with Crippen molar-refractivity contribution in [2.24, 2.45) is 0 Å². The van der Waals surface area contributed by atoms with Crippen LogP contribution in [0.25, 0.3) is 0 Å². The van der Waals surface area contributed by atoms with Gasteiger partial charge in [-0.25, -0.2) is 4.39 Å². The van der Waals surface area contributed by atoms with Crippen molar-refractivity contribution in [1.29, 1.82) is 0 Å². The molecule has 0 fully saturated rings. The third kappa shape index (κ3) is 2.99. The van der Waals surface area contributed by atoms with Crippen LogP contribution in [0.5, 0.6) is 0 Å². The van der Waals surface area contributed by atoms with Gasteiger partial charge in [0.1, 0.15) is 5.82 Å². The van der Waals surface area contributed by atoms with Crippen LogP contribution < -0.4 is 11.1 Å². The van der Waals surface area contributed by atoms with E-state index in [2.05, 4.69) is 11.2 Å². The van der Waals surface area contributed by atoms with Gasteiger partial charge in [-0.05, 0) is 18.2 Å². The first kappa shape index (κ1) is 11.1. The maximum absolute atomic E-state index is 13.2. The van der Waals surface area contributed by atoms with Crippen LogP contribution in [-0.4, -0.2) is 12.5 Å². The van der Waals surface area contributed by atoms with Crippen LogP contribution >= 0.6 is 0 Å². The highest BCUT2D eigenvalue weighted by Crippen LogP contribution is 2.11. The van der Waals surface area contributed by atoms with Crippen molar-refractivity contribution in [3.63, 3.8) is 0 Å². The van der Waals surface area contributed by atoms with Gasteiger partial charge in [0.25, 0.3) is 5.91 Å². The third-order valence-electron chi connectivity index (χ3n) is 1.79. The van der Waals surface area contributed by atoms with E-state index < -0.39 is 11.7 Å². The van der Waals surface area contributed by atoms with E-state index in [9.17, 15) is 9.18 Å². The maximum atomic E-state index is 13.2. The van der Waals surface area contributed by atoms with E-state index in [1.54, 1.807) is 0 Å². The van der Waals surface area contributed by atoms with Crippen molar-refractivity contribution in [1.82, 2.24) is 5.32 Å². The van der Waals surface area contributed by atoms with E-state index in [4.69, 9.17) is 12.2 Å². The SMILES string of the molecule is C#CCCNC(=O)c1ccc(N)cc1F. The molecule has 0 saturated heterocycles. The Kier molecular flexibility index (Phi) is 3.69. The minimum absolute atomic E-state index is 0.0266. The van der Waals surface area contributed by atoms with E-state index in [-0.39, 0.29) is 11.3 Å². The molecule has 1 aromatic carbocycles. The lowest BCUT2D eigenvalue weighted by molar-refractivity contribution is 0.0950. The molecule has 0 unspecified atom stereocenters. The second-order valence-corrected chi connectivity index (χ2v) is 2.95. The van der Waals surface area contributed by atoms with Crippen LogP contribution in [-0.2, 0) is 0 Å². The average Bonchev–Trinajstić information content (AvgIpc) is 2.17. The van der Waals surface area contributed by atoms with Crippen molar-refractivity contribution in [3.05, 3.63) is 29.6 Å². The van der Waals surface area contributed by atoms with Gasteiger partial charge in [0.15, 0.2) is 0 Å². The van der Waals surface area contributed by atoms with E-state index in [1.807, 2.05) is 0 Å². The molecule has 1 amide bonds. The molecule has 0 atom stereocenters. The number of rotatable bonds is 3. The largest absolute Gasteiger partial charge is 0.399 e. The molecule has 0 heterocycles. The van der Waals surface area contributed by atoms with Crippen LogP contribution in [0, 0.1) is 18.2 Å². The molecule has 3 nitrogen and oxygen atoms in total. The summed E-state index contributed by atoms with van der Waals surface area (Å²) in [5, 5.41) is 2.50. The summed E-state index contributed by atoms with van der Waals surface area (Å²) in [5.74, 6) is 1.25. The van der Waals surface area contributed by atoms with Gasteiger partial charge < -0.3 is 11.1 Å². The van der Waals surface area contributed by atoms with Crippen molar-refractivity contribution in [3.8, 4) is 12.3 Å². The molecule has 3 N–H and O–H groups in total. The van der Waals surface area contributed by atoms with Gasteiger partial charge in [-0.2, -0.15) is 0 Å². The fraction of sp³-hybridized carbons (Fsp3) is 0.182. The number of anilines is 1. The standard InChI is InChI=1S/C11H11FN2O/c1-2-3-6-14-11(15)9-5-4-8(13)7-10(9)12/h1,4-5,7H,3,6,13H2,(H,14,15). The van der Waals surface area contributed by atoms with Crippen LogP contribution in [0.1, 0.15) is 16.8 Å². The smallest absolute Gasteiger partial charge is 0.254 e. The molecule has 0 aliphatic carbocycles. The second-order valence-electron chi connectivity index (χ2n) is 2.95. The van der Waals surface area contributed by atoms with Gasteiger partial charge in [-0.1, -0.05) is 0 Å². The third-order valence-corrected chi connectivity index (χ3v) is 1.79. The van der Waals surface area contributed by atoms with Crippen LogP contribution in [0.4, 0.5) is 10.1 Å². The minimum Gasteiger partial charge on any atom is -0.399 e. The summed E-state index contributed by atoms with van der Waals surface area (Å²) in [6.07, 6.45) is 5.43. The number of nitrogen functional groups attached to an aromatic ring is 1. The average molecular weight is 206 g/mol. The number of nitrogens with two attached hydrogens (primary N) is 1. The lowest BCUT2D eigenvalue weighted by Crippen LogP contribution is -2.25. The molecule has 1 rings (SSSR count). The molecule has 78 valence electrons. The number of hydrogen-bond donors (Lipinski definition) is 2. The second kappa shape index (κ2) is 5.01. The number of halogens is 1.